The van der Waals surface area contributed by atoms with Crippen LogP contribution in [-0.2, 0) is 11.2 Å². The maximum atomic E-state index is 12.5. The van der Waals surface area contributed by atoms with Crippen LogP contribution in [0, 0.1) is 0 Å². The number of aromatic nitrogens is 1. The molecule has 0 saturated carbocycles. The first kappa shape index (κ1) is 17.0. The molecule has 0 bridgehead atoms. The predicted molar refractivity (Wildman–Crippen MR) is 93.9 cm³/mol. The molecule has 24 heavy (non-hydrogen) atoms. The lowest BCUT2D eigenvalue weighted by Crippen LogP contribution is -2.57. The molecule has 1 N–H and O–H groups in total. The van der Waals surface area contributed by atoms with Gasteiger partial charge >= 0.3 is 0 Å². The molecule has 128 valence electrons. The van der Waals surface area contributed by atoms with E-state index in [1.807, 2.05) is 29.2 Å². The molecule has 6 heteroatoms. The fraction of sp³-hybridized carbons (Fsp3) is 0.444. The molecule has 2 aromatic rings. The van der Waals surface area contributed by atoms with Crippen LogP contribution >= 0.6 is 11.6 Å². The molecule has 1 aliphatic heterocycles. The zero-order valence-corrected chi connectivity index (χ0v) is 14.7. The number of nitrogens with zero attached hydrogens (tertiary/aromatic N) is 2. The molecule has 3 rings (SSSR count). The summed E-state index contributed by atoms with van der Waals surface area (Å²) in [5.41, 5.74) is 0.925. The Labute approximate surface area is 147 Å². The summed E-state index contributed by atoms with van der Waals surface area (Å²) >= 11 is 5.89. The summed E-state index contributed by atoms with van der Waals surface area (Å²) in [7, 11) is 0. The molecule has 1 aromatic carbocycles. The van der Waals surface area contributed by atoms with Gasteiger partial charge in [-0.1, -0.05) is 11.6 Å². The Morgan fingerprint density at radius 2 is 2.12 bits per heavy atom. The first-order valence-electron chi connectivity index (χ1n) is 8.28. The molecule has 0 aliphatic carbocycles. The highest BCUT2D eigenvalue weighted by Gasteiger charge is 2.27. The van der Waals surface area contributed by atoms with E-state index in [2.05, 4.69) is 24.1 Å². The van der Waals surface area contributed by atoms with Crippen LogP contribution in [0.1, 0.15) is 26.2 Å². The van der Waals surface area contributed by atoms with Crippen molar-refractivity contribution in [3.63, 3.8) is 0 Å². The molecule has 1 fully saturated rings. The van der Waals surface area contributed by atoms with E-state index in [9.17, 15) is 4.79 Å². The van der Waals surface area contributed by atoms with Crippen molar-refractivity contribution in [3.05, 3.63) is 41.4 Å². The third-order valence-electron chi connectivity index (χ3n) is 4.59. The SMILES string of the molecule is CC1NCCN(C(=O)CCc2ncc(-c3ccc(Cl)cc3)o2)C1C. The summed E-state index contributed by atoms with van der Waals surface area (Å²) in [5, 5.41) is 4.07. The number of oxazole rings is 1. The number of aryl methyl sites for hydroxylation is 1. The number of hydrogen-bond donors (Lipinski definition) is 1. The highest BCUT2D eigenvalue weighted by atomic mass is 35.5. The standard InChI is InChI=1S/C18H22ClN3O2/c1-12-13(2)22(10-9-20-12)18(23)8-7-17-21-11-16(24-17)14-3-5-15(19)6-4-14/h3-6,11-13,20H,7-10H2,1-2H3. The van der Waals surface area contributed by atoms with E-state index in [1.165, 1.54) is 0 Å². The minimum atomic E-state index is 0.155. The molecular weight excluding hydrogens is 326 g/mol. The molecule has 2 atom stereocenters. The molecular formula is C18H22ClN3O2. The molecule has 0 radical (unpaired) electrons. The van der Waals surface area contributed by atoms with Gasteiger partial charge in [-0.05, 0) is 38.1 Å². The van der Waals surface area contributed by atoms with Crippen LogP contribution in [0.5, 0.6) is 0 Å². The molecule has 1 aromatic heterocycles. The lowest BCUT2D eigenvalue weighted by atomic mass is 10.1. The van der Waals surface area contributed by atoms with E-state index in [1.54, 1.807) is 6.20 Å². The van der Waals surface area contributed by atoms with E-state index < -0.39 is 0 Å². The Balaban J connectivity index is 1.59. The first-order valence-corrected chi connectivity index (χ1v) is 8.66. The number of carbonyl (C=O) groups excluding carboxylic acids is 1. The summed E-state index contributed by atoms with van der Waals surface area (Å²) < 4.78 is 5.76. The number of benzene rings is 1. The van der Waals surface area contributed by atoms with Gasteiger partial charge in [-0.3, -0.25) is 4.79 Å². The Morgan fingerprint density at radius 3 is 2.88 bits per heavy atom. The topological polar surface area (TPSA) is 58.4 Å². The highest BCUT2D eigenvalue weighted by Crippen LogP contribution is 2.23. The first-order chi connectivity index (χ1) is 11.5. The number of nitrogens with one attached hydrogen (secondary N) is 1. The monoisotopic (exact) mass is 347 g/mol. The van der Waals surface area contributed by atoms with Crippen molar-refractivity contribution in [2.75, 3.05) is 13.1 Å². The van der Waals surface area contributed by atoms with Gasteiger partial charge in [0.2, 0.25) is 5.91 Å². The van der Waals surface area contributed by atoms with Crippen molar-refractivity contribution in [3.8, 4) is 11.3 Å². The van der Waals surface area contributed by atoms with E-state index in [0.29, 0.717) is 35.6 Å². The van der Waals surface area contributed by atoms with Gasteiger partial charge in [0.1, 0.15) is 0 Å². The minimum absolute atomic E-state index is 0.155. The second kappa shape index (κ2) is 7.36. The van der Waals surface area contributed by atoms with E-state index >= 15 is 0 Å². The van der Waals surface area contributed by atoms with Gasteiger partial charge < -0.3 is 14.6 Å². The quantitative estimate of drug-likeness (QED) is 0.923. The normalized spacial score (nSPS) is 21.0. The maximum absolute atomic E-state index is 12.5. The fourth-order valence-electron chi connectivity index (χ4n) is 2.94. The molecule has 1 aliphatic rings. The largest absolute Gasteiger partial charge is 0.441 e. The second-order valence-corrected chi connectivity index (χ2v) is 6.63. The van der Waals surface area contributed by atoms with Gasteiger partial charge in [0, 0.05) is 48.6 Å². The average Bonchev–Trinajstić information content (AvgIpc) is 3.05. The zero-order valence-electron chi connectivity index (χ0n) is 14.0. The van der Waals surface area contributed by atoms with Crippen molar-refractivity contribution >= 4 is 17.5 Å². The zero-order chi connectivity index (χ0) is 17.1. The Morgan fingerprint density at radius 1 is 1.38 bits per heavy atom. The number of halogens is 1. The number of amides is 1. The Kier molecular flexibility index (Phi) is 5.21. The van der Waals surface area contributed by atoms with Crippen LogP contribution in [0.3, 0.4) is 0 Å². The molecule has 0 spiro atoms. The van der Waals surface area contributed by atoms with Gasteiger partial charge in [-0.2, -0.15) is 0 Å². The summed E-state index contributed by atoms with van der Waals surface area (Å²) in [6.07, 6.45) is 2.62. The molecule has 2 unspecified atom stereocenters. The smallest absolute Gasteiger partial charge is 0.223 e. The third-order valence-corrected chi connectivity index (χ3v) is 4.84. The summed E-state index contributed by atoms with van der Waals surface area (Å²) in [6, 6.07) is 7.94. The maximum Gasteiger partial charge on any atom is 0.223 e. The van der Waals surface area contributed by atoms with Gasteiger partial charge in [0.25, 0.3) is 0 Å². The Hall–Kier alpha value is -1.85. The van der Waals surface area contributed by atoms with Gasteiger partial charge in [0.05, 0.1) is 6.20 Å². The van der Waals surface area contributed by atoms with Crippen molar-refractivity contribution < 1.29 is 9.21 Å². The number of rotatable bonds is 4. The summed E-state index contributed by atoms with van der Waals surface area (Å²) in [5.74, 6) is 1.43. The lowest BCUT2D eigenvalue weighted by Gasteiger charge is -2.38. The minimum Gasteiger partial charge on any atom is -0.441 e. The molecule has 1 amide bonds. The second-order valence-electron chi connectivity index (χ2n) is 6.20. The Bertz CT molecular complexity index is 699. The van der Waals surface area contributed by atoms with Crippen molar-refractivity contribution in [1.82, 2.24) is 15.2 Å². The van der Waals surface area contributed by atoms with Crippen molar-refractivity contribution in [1.29, 1.82) is 0 Å². The molecule has 1 saturated heterocycles. The lowest BCUT2D eigenvalue weighted by molar-refractivity contribution is -0.134. The van der Waals surface area contributed by atoms with Gasteiger partial charge in [-0.25, -0.2) is 4.98 Å². The van der Waals surface area contributed by atoms with Crippen molar-refractivity contribution in [2.45, 2.75) is 38.8 Å². The highest BCUT2D eigenvalue weighted by molar-refractivity contribution is 6.30. The molecule has 2 heterocycles. The van der Waals surface area contributed by atoms with Crippen LogP contribution < -0.4 is 5.32 Å². The van der Waals surface area contributed by atoms with E-state index in [0.717, 1.165) is 18.7 Å². The van der Waals surface area contributed by atoms with E-state index in [-0.39, 0.29) is 11.9 Å². The third kappa shape index (κ3) is 3.79. The van der Waals surface area contributed by atoms with Crippen LogP contribution in [0.25, 0.3) is 11.3 Å². The summed E-state index contributed by atoms with van der Waals surface area (Å²) in [6.45, 7) is 5.79. The number of carbonyl (C=O) groups is 1. The average molecular weight is 348 g/mol. The van der Waals surface area contributed by atoms with Crippen molar-refractivity contribution in [2.24, 2.45) is 0 Å². The van der Waals surface area contributed by atoms with Crippen LogP contribution in [-0.4, -0.2) is 41.0 Å². The number of hydrogen-bond acceptors (Lipinski definition) is 4. The van der Waals surface area contributed by atoms with Gasteiger partial charge in [0.15, 0.2) is 11.7 Å². The number of piperazine rings is 1. The van der Waals surface area contributed by atoms with Crippen LogP contribution in [0.4, 0.5) is 0 Å². The van der Waals surface area contributed by atoms with E-state index in [4.69, 9.17) is 16.0 Å². The van der Waals surface area contributed by atoms with Crippen LogP contribution in [0.2, 0.25) is 5.02 Å². The predicted octanol–water partition coefficient (Wildman–Crippen LogP) is 3.14. The summed E-state index contributed by atoms with van der Waals surface area (Å²) in [4.78, 5) is 18.7. The van der Waals surface area contributed by atoms with Crippen LogP contribution in [0.15, 0.2) is 34.9 Å². The molecule has 5 nitrogen and oxygen atoms in total. The van der Waals surface area contributed by atoms with Gasteiger partial charge in [-0.15, -0.1) is 0 Å². The fourth-order valence-corrected chi connectivity index (χ4v) is 3.07.